The predicted octanol–water partition coefficient (Wildman–Crippen LogP) is 3.28. The van der Waals surface area contributed by atoms with Crippen molar-refractivity contribution >= 4 is 29.5 Å². The zero-order valence-electron chi connectivity index (χ0n) is 23.6. The Bertz CT molecular complexity index is 1160. The SMILES string of the molecule is CC=C(C)C(=O)O[C@H]1[C@H]2[C@@H]([C@@H](OC(C)=O)[C@H](C)C(=O)[C@@]34C[C@@H](C)C(=O)[C@]3(C=C(C)[C@H]1OC(C)=O)O4)C2(C)C. The van der Waals surface area contributed by atoms with E-state index in [0.717, 1.165) is 0 Å². The fourth-order valence-corrected chi connectivity index (χ4v) is 6.96. The van der Waals surface area contributed by atoms with E-state index < -0.39 is 76.5 Å². The lowest BCUT2D eigenvalue weighted by Gasteiger charge is -2.30. The number of hydrogen-bond acceptors (Lipinski definition) is 9. The van der Waals surface area contributed by atoms with E-state index in [1.807, 2.05) is 13.8 Å². The molecule has 0 N–H and O–H groups in total. The highest BCUT2D eigenvalue weighted by molar-refractivity contribution is 6.11. The smallest absolute Gasteiger partial charge is 0.333 e. The minimum Gasteiger partial charge on any atom is -0.461 e. The van der Waals surface area contributed by atoms with Gasteiger partial charge in [0.2, 0.25) is 0 Å². The summed E-state index contributed by atoms with van der Waals surface area (Å²) in [5, 5.41) is 0. The number of ketones is 2. The summed E-state index contributed by atoms with van der Waals surface area (Å²) in [5.74, 6) is -4.27. The van der Waals surface area contributed by atoms with E-state index >= 15 is 0 Å². The van der Waals surface area contributed by atoms with Crippen molar-refractivity contribution in [2.45, 2.75) is 98.2 Å². The van der Waals surface area contributed by atoms with Crippen molar-refractivity contribution in [1.82, 2.24) is 0 Å². The van der Waals surface area contributed by atoms with Crippen LogP contribution in [-0.2, 0) is 42.9 Å². The number of rotatable bonds is 4. The maximum atomic E-state index is 14.1. The Morgan fingerprint density at radius 1 is 0.947 bits per heavy atom. The average molecular weight is 531 g/mol. The summed E-state index contributed by atoms with van der Waals surface area (Å²) >= 11 is 0. The first-order chi connectivity index (χ1) is 17.6. The van der Waals surface area contributed by atoms with Gasteiger partial charge in [-0.3, -0.25) is 19.2 Å². The molecule has 0 aromatic carbocycles. The minimum atomic E-state index is -1.50. The van der Waals surface area contributed by atoms with Crippen LogP contribution in [0.1, 0.15) is 68.7 Å². The third-order valence-electron chi connectivity index (χ3n) is 9.08. The van der Waals surface area contributed by atoms with Crippen molar-refractivity contribution in [2.24, 2.45) is 29.1 Å². The zero-order chi connectivity index (χ0) is 28.5. The number of allylic oxidation sites excluding steroid dienone is 1. The summed E-state index contributed by atoms with van der Waals surface area (Å²) in [6.45, 7) is 14.9. The van der Waals surface area contributed by atoms with Gasteiger partial charge in [-0.05, 0) is 44.3 Å². The van der Waals surface area contributed by atoms with Crippen LogP contribution < -0.4 is 0 Å². The van der Waals surface area contributed by atoms with Crippen LogP contribution in [0.5, 0.6) is 0 Å². The standard InChI is InChI=1S/C29H38O9/c1-10-13(2)26(34)37-23-20-19(27(20,8)9)22(36-18(7)31)16(5)25(33)29-12-15(4)24(32)28(29,38-29)11-14(3)21(23)35-17(6)30/h10-11,15-16,19-23H,12H2,1-9H3/t15-,16+,19+,20-,21-,22+,23+,28+,29+/m1/s1. The van der Waals surface area contributed by atoms with E-state index in [-0.39, 0.29) is 18.0 Å². The molecule has 4 rings (SSSR count). The van der Waals surface area contributed by atoms with Crippen LogP contribution in [0.15, 0.2) is 23.3 Å². The van der Waals surface area contributed by atoms with Gasteiger partial charge in [0, 0.05) is 37.2 Å². The molecule has 0 spiro atoms. The molecule has 0 aromatic rings. The van der Waals surface area contributed by atoms with Gasteiger partial charge in [-0.2, -0.15) is 0 Å². The molecule has 0 aromatic heterocycles. The van der Waals surface area contributed by atoms with Crippen LogP contribution in [0.25, 0.3) is 0 Å². The highest BCUT2D eigenvalue weighted by atomic mass is 16.6. The highest BCUT2D eigenvalue weighted by Gasteiger charge is 2.83. The maximum absolute atomic E-state index is 14.1. The van der Waals surface area contributed by atoms with Gasteiger partial charge in [-0.15, -0.1) is 0 Å². The molecule has 3 fully saturated rings. The van der Waals surface area contributed by atoms with Gasteiger partial charge in [0.25, 0.3) is 0 Å². The van der Waals surface area contributed by atoms with E-state index in [1.54, 1.807) is 46.8 Å². The van der Waals surface area contributed by atoms with Crippen LogP contribution in [0.4, 0.5) is 0 Å². The number of esters is 3. The van der Waals surface area contributed by atoms with Gasteiger partial charge in [0.1, 0.15) is 12.2 Å². The Balaban J connectivity index is 1.93. The highest BCUT2D eigenvalue weighted by Crippen LogP contribution is 2.67. The molecule has 1 heterocycles. The van der Waals surface area contributed by atoms with E-state index in [0.29, 0.717) is 11.1 Å². The molecule has 3 aliphatic carbocycles. The van der Waals surface area contributed by atoms with Crippen molar-refractivity contribution in [1.29, 1.82) is 0 Å². The fraction of sp³-hybridized carbons (Fsp3) is 0.690. The first-order valence-corrected chi connectivity index (χ1v) is 13.2. The Morgan fingerprint density at radius 3 is 2.08 bits per heavy atom. The molecule has 0 bridgehead atoms. The Morgan fingerprint density at radius 2 is 1.53 bits per heavy atom. The van der Waals surface area contributed by atoms with Crippen molar-refractivity contribution in [3.63, 3.8) is 0 Å². The van der Waals surface area contributed by atoms with Crippen LogP contribution in [0.2, 0.25) is 0 Å². The topological polar surface area (TPSA) is 126 Å². The molecular weight excluding hydrogens is 492 g/mol. The third-order valence-corrected chi connectivity index (χ3v) is 9.08. The van der Waals surface area contributed by atoms with Crippen molar-refractivity contribution in [3.05, 3.63) is 23.3 Å². The van der Waals surface area contributed by atoms with Gasteiger partial charge in [0.05, 0.1) is 5.92 Å². The molecule has 208 valence electrons. The average Bonchev–Trinajstić information content (AvgIpc) is 3.62. The monoisotopic (exact) mass is 530 g/mol. The summed E-state index contributed by atoms with van der Waals surface area (Å²) in [5.41, 5.74) is -2.59. The van der Waals surface area contributed by atoms with E-state index in [2.05, 4.69) is 0 Å². The number of epoxide rings is 1. The summed E-state index contributed by atoms with van der Waals surface area (Å²) in [6, 6.07) is 0. The lowest BCUT2D eigenvalue weighted by atomic mass is 9.81. The van der Waals surface area contributed by atoms with Gasteiger partial charge in [-0.1, -0.05) is 33.8 Å². The first-order valence-electron chi connectivity index (χ1n) is 13.2. The number of Topliss-reactive ketones (excluding diaryl/α,β-unsaturated/α-hetero) is 2. The molecule has 0 unspecified atom stereocenters. The molecule has 9 heteroatoms. The van der Waals surface area contributed by atoms with Crippen LogP contribution in [0, 0.1) is 29.1 Å². The van der Waals surface area contributed by atoms with E-state index in [1.165, 1.54) is 13.8 Å². The minimum absolute atomic E-state index is 0.209. The molecule has 4 aliphatic rings. The summed E-state index contributed by atoms with van der Waals surface area (Å²) in [4.78, 5) is 65.0. The van der Waals surface area contributed by atoms with E-state index in [9.17, 15) is 24.0 Å². The Labute approximate surface area is 223 Å². The summed E-state index contributed by atoms with van der Waals surface area (Å²) in [7, 11) is 0. The zero-order valence-corrected chi connectivity index (χ0v) is 23.6. The number of hydrogen-bond donors (Lipinski definition) is 0. The second-order valence-electron chi connectivity index (χ2n) is 12.0. The van der Waals surface area contributed by atoms with E-state index in [4.69, 9.17) is 18.9 Å². The molecular formula is C29H38O9. The molecule has 2 saturated carbocycles. The Kier molecular flexibility index (Phi) is 6.78. The molecule has 0 amide bonds. The van der Waals surface area contributed by atoms with Crippen molar-refractivity contribution < 1.29 is 42.9 Å². The largest absolute Gasteiger partial charge is 0.461 e. The lowest BCUT2D eigenvalue weighted by molar-refractivity contribution is -0.164. The van der Waals surface area contributed by atoms with Crippen LogP contribution >= 0.6 is 0 Å². The van der Waals surface area contributed by atoms with Gasteiger partial charge in [-0.25, -0.2) is 4.79 Å². The normalized spacial score (nSPS) is 41.4. The van der Waals surface area contributed by atoms with Crippen LogP contribution in [-0.4, -0.2) is 59.0 Å². The Hall–Kier alpha value is -2.81. The van der Waals surface area contributed by atoms with Gasteiger partial charge < -0.3 is 18.9 Å². The molecule has 1 saturated heterocycles. The summed E-state index contributed by atoms with van der Waals surface area (Å²) in [6.07, 6.45) is 0.546. The lowest BCUT2D eigenvalue weighted by Crippen LogP contribution is -2.42. The maximum Gasteiger partial charge on any atom is 0.333 e. The number of fused-ring (bicyclic) bond motifs is 1. The summed E-state index contributed by atoms with van der Waals surface area (Å²) < 4.78 is 23.6. The number of carbonyl (C=O) groups excluding carboxylic acids is 5. The van der Waals surface area contributed by atoms with Crippen molar-refractivity contribution in [2.75, 3.05) is 0 Å². The predicted molar refractivity (Wildman–Crippen MR) is 134 cm³/mol. The fourth-order valence-electron chi connectivity index (χ4n) is 6.96. The molecule has 9 atom stereocenters. The third kappa shape index (κ3) is 4.05. The van der Waals surface area contributed by atoms with Crippen molar-refractivity contribution in [3.8, 4) is 0 Å². The first kappa shape index (κ1) is 28.2. The number of carbonyl (C=O) groups is 5. The second-order valence-corrected chi connectivity index (χ2v) is 12.0. The second kappa shape index (κ2) is 9.14. The molecule has 38 heavy (non-hydrogen) atoms. The van der Waals surface area contributed by atoms with Gasteiger partial charge in [0.15, 0.2) is 28.9 Å². The molecule has 1 aliphatic heterocycles. The quantitative estimate of drug-likeness (QED) is 0.177. The molecule has 0 radical (unpaired) electrons. The van der Waals surface area contributed by atoms with Gasteiger partial charge >= 0.3 is 17.9 Å². The number of ether oxygens (including phenoxy) is 4. The molecule has 9 nitrogen and oxygen atoms in total. The van der Waals surface area contributed by atoms with Crippen LogP contribution in [0.3, 0.4) is 0 Å².